The molecule has 0 atom stereocenters. The van der Waals surface area contributed by atoms with Gasteiger partial charge in [-0.1, -0.05) is 180 Å². The van der Waals surface area contributed by atoms with Crippen molar-refractivity contribution in [2.45, 2.75) is 226 Å². The average Bonchev–Trinajstić information content (AvgIpc) is 3.04. The van der Waals surface area contributed by atoms with Gasteiger partial charge in [-0.2, -0.15) is 0 Å². The minimum atomic E-state index is -1.65. The second kappa shape index (κ2) is 14.7. The Morgan fingerprint density at radius 1 is 0.333 bits per heavy atom. The van der Waals surface area contributed by atoms with Gasteiger partial charge in [-0.25, -0.2) is 0 Å². The third-order valence-electron chi connectivity index (χ3n) is 13.8. The zero-order valence-electron chi connectivity index (χ0n) is 26.2. The normalized spacial score (nSPS) is 29.4. The SMILES string of the molecule is C1CCC(N([SiH](C2CCCCC2)C2CCCCC2)[Si](C2CCCCC2)(C2CCCCC2)C2CCCCC2)CC1. The lowest BCUT2D eigenvalue weighted by Gasteiger charge is -2.65. The lowest BCUT2D eigenvalue weighted by atomic mass is 9.96. The van der Waals surface area contributed by atoms with Crippen LogP contribution < -0.4 is 0 Å². The van der Waals surface area contributed by atoms with Crippen LogP contribution in [-0.2, 0) is 0 Å². The Labute approximate surface area is 247 Å². The first-order chi connectivity index (χ1) is 19.4. The molecule has 6 rings (SSSR count). The summed E-state index contributed by atoms with van der Waals surface area (Å²) in [5.41, 5.74) is 5.92. The minimum absolute atomic E-state index is 1.03. The molecular weight excluding hydrogens is 503 g/mol. The van der Waals surface area contributed by atoms with Crippen LogP contribution in [0.1, 0.15) is 193 Å². The Hall–Kier alpha value is 0.394. The van der Waals surface area contributed by atoms with Crippen molar-refractivity contribution in [2.24, 2.45) is 0 Å². The van der Waals surface area contributed by atoms with Gasteiger partial charge in [0.25, 0.3) is 0 Å². The van der Waals surface area contributed by atoms with Crippen LogP contribution in [0.25, 0.3) is 0 Å². The highest BCUT2D eigenvalue weighted by Gasteiger charge is 2.60. The summed E-state index contributed by atoms with van der Waals surface area (Å²) in [7, 11) is -2.67. The highest BCUT2D eigenvalue weighted by Crippen LogP contribution is 2.61. The molecule has 6 aliphatic carbocycles. The zero-order valence-corrected chi connectivity index (χ0v) is 28.4. The molecule has 0 aromatic heterocycles. The second-order valence-corrected chi connectivity index (χ2v) is 24.6. The Balaban J connectivity index is 1.51. The monoisotopic (exact) mass is 569 g/mol. The maximum atomic E-state index is 3.94. The summed E-state index contributed by atoms with van der Waals surface area (Å²) >= 11 is 0. The predicted octanol–water partition coefficient (Wildman–Crippen LogP) is 12.0. The maximum Gasteiger partial charge on any atom is 0.131 e. The van der Waals surface area contributed by atoms with Gasteiger partial charge in [0.15, 0.2) is 0 Å². The highest BCUT2D eigenvalue weighted by molar-refractivity contribution is 6.89. The van der Waals surface area contributed by atoms with Crippen molar-refractivity contribution in [1.29, 1.82) is 0 Å². The molecule has 0 amide bonds. The summed E-state index contributed by atoms with van der Waals surface area (Å²) in [6.45, 7) is 0. The molecule has 6 fully saturated rings. The van der Waals surface area contributed by atoms with E-state index in [-0.39, 0.29) is 0 Å². The van der Waals surface area contributed by atoms with Crippen molar-refractivity contribution in [3.8, 4) is 0 Å². The van der Waals surface area contributed by atoms with Crippen LogP contribution in [0, 0.1) is 0 Å². The van der Waals surface area contributed by atoms with Crippen molar-refractivity contribution in [3.63, 3.8) is 0 Å². The molecule has 0 aliphatic heterocycles. The van der Waals surface area contributed by atoms with E-state index in [1.807, 2.05) is 0 Å². The van der Waals surface area contributed by atoms with E-state index in [4.69, 9.17) is 0 Å². The van der Waals surface area contributed by atoms with Crippen molar-refractivity contribution >= 4 is 17.2 Å². The Kier molecular flexibility index (Phi) is 11.1. The fraction of sp³-hybridized carbons (Fsp3) is 1.00. The number of nitrogens with zero attached hydrogens (tertiary/aromatic N) is 1. The Morgan fingerprint density at radius 3 is 0.949 bits per heavy atom. The van der Waals surface area contributed by atoms with Gasteiger partial charge in [0.2, 0.25) is 0 Å². The first kappa shape index (κ1) is 29.5. The van der Waals surface area contributed by atoms with Crippen molar-refractivity contribution < 1.29 is 0 Å². The fourth-order valence-corrected chi connectivity index (χ4v) is 30.5. The Bertz CT molecular complexity index is 625. The summed E-state index contributed by atoms with van der Waals surface area (Å²) < 4.78 is 3.94. The van der Waals surface area contributed by atoms with Gasteiger partial charge in [0.05, 0.1) is 0 Å². The van der Waals surface area contributed by atoms with Crippen LogP contribution in [0.3, 0.4) is 0 Å². The van der Waals surface area contributed by atoms with E-state index in [0.29, 0.717) is 0 Å². The lowest BCUT2D eigenvalue weighted by molar-refractivity contribution is 0.277. The molecule has 0 radical (unpaired) electrons. The molecule has 6 aliphatic rings. The molecule has 0 bridgehead atoms. The van der Waals surface area contributed by atoms with E-state index in [2.05, 4.69) is 4.23 Å². The quantitative estimate of drug-likeness (QED) is 0.263. The summed E-state index contributed by atoms with van der Waals surface area (Å²) in [4.78, 5) is 0. The Morgan fingerprint density at radius 2 is 0.615 bits per heavy atom. The maximum absolute atomic E-state index is 3.94. The van der Waals surface area contributed by atoms with E-state index in [0.717, 1.165) is 6.04 Å². The van der Waals surface area contributed by atoms with Crippen LogP contribution >= 0.6 is 0 Å². The third-order valence-corrected chi connectivity index (χ3v) is 27.3. The van der Waals surface area contributed by atoms with E-state index in [9.17, 15) is 0 Å². The number of rotatable bonds is 8. The number of hydrogen-bond donors (Lipinski definition) is 0. The first-order valence-corrected chi connectivity index (χ1v) is 23.2. The lowest BCUT2D eigenvalue weighted by Crippen LogP contribution is -2.72. The van der Waals surface area contributed by atoms with Gasteiger partial charge in [0, 0.05) is 0 Å². The summed E-state index contributed by atoms with van der Waals surface area (Å²) in [6, 6.07) is 1.04. The molecule has 3 heteroatoms. The van der Waals surface area contributed by atoms with Crippen LogP contribution in [0.2, 0.25) is 27.7 Å². The molecule has 0 saturated heterocycles. The molecule has 0 heterocycles. The van der Waals surface area contributed by atoms with Crippen LogP contribution in [-0.4, -0.2) is 27.5 Å². The van der Waals surface area contributed by atoms with Gasteiger partial charge in [-0.15, -0.1) is 0 Å². The third kappa shape index (κ3) is 6.51. The minimum Gasteiger partial charge on any atom is -0.344 e. The van der Waals surface area contributed by atoms with Gasteiger partial charge >= 0.3 is 0 Å². The van der Waals surface area contributed by atoms with Crippen LogP contribution in [0.5, 0.6) is 0 Å². The molecule has 0 aromatic carbocycles. The molecule has 39 heavy (non-hydrogen) atoms. The first-order valence-electron chi connectivity index (χ1n) is 19.2. The largest absolute Gasteiger partial charge is 0.344 e. The molecule has 0 unspecified atom stereocenters. The standard InChI is InChI=1S/C36H67NSi2/c1-7-19-31(20-8-1)37(38(32-21-9-2-10-22-32)33-23-11-3-12-24-33)39(34-25-13-4-14-26-34,35-27-15-5-16-28-35)36-29-17-6-18-30-36/h31-36,38H,1-30H2. The van der Waals surface area contributed by atoms with E-state index in [1.54, 1.807) is 193 Å². The summed E-state index contributed by atoms with van der Waals surface area (Å²) in [6.07, 6.45) is 48.2. The molecule has 1 nitrogen and oxygen atoms in total. The second-order valence-electron chi connectivity index (χ2n) is 15.9. The van der Waals surface area contributed by atoms with Crippen LogP contribution in [0.4, 0.5) is 0 Å². The number of hydrogen-bond acceptors (Lipinski definition) is 1. The van der Waals surface area contributed by atoms with E-state index >= 15 is 0 Å². The predicted molar refractivity (Wildman–Crippen MR) is 176 cm³/mol. The molecular formula is C36H67NSi2. The van der Waals surface area contributed by atoms with Crippen molar-refractivity contribution in [3.05, 3.63) is 0 Å². The van der Waals surface area contributed by atoms with Gasteiger partial charge in [-0.3, -0.25) is 0 Å². The van der Waals surface area contributed by atoms with Crippen LogP contribution in [0.15, 0.2) is 0 Å². The van der Waals surface area contributed by atoms with Gasteiger partial charge < -0.3 is 4.23 Å². The zero-order chi connectivity index (χ0) is 26.3. The van der Waals surface area contributed by atoms with Gasteiger partial charge in [-0.05, 0) is 46.6 Å². The molecule has 0 aromatic rings. The summed E-state index contributed by atoms with van der Waals surface area (Å²) in [5.74, 6) is 0. The average molecular weight is 570 g/mol. The van der Waals surface area contributed by atoms with E-state index in [1.165, 1.54) is 27.7 Å². The van der Waals surface area contributed by atoms with Crippen molar-refractivity contribution in [1.82, 2.24) is 4.23 Å². The smallest absolute Gasteiger partial charge is 0.131 e. The fourth-order valence-electron chi connectivity index (χ4n) is 12.3. The summed E-state index contributed by atoms with van der Waals surface area (Å²) in [5, 5.41) is 0. The molecule has 6 saturated carbocycles. The van der Waals surface area contributed by atoms with Gasteiger partial charge in [0.1, 0.15) is 17.2 Å². The highest BCUT2D eigenvalue weighted by atomic mass is 28.4. The molecule has 0 spiro atoms. The van der Waals surface area contributed by atoms with E-state index < -0.39 is 17.2 Å². The topological polar surface area (TPSA) is 3.24 Å². The molecule has 0 N–H and O–H groups in total. The van der Waals surface area contributed by atoms with Crippen molar-refractivity contribution in [2.75, 3.05) is 0 Å². The molecule has 224 valence electrons.